The van der Waals surface area contributed by atoms with E-state index in [9.17, 15) is 9.59 Å². The largest absolute Gasteiger partial charge is 0.565 e. The number of carbonyl (C=O) groups excluding carboxylic acids is 2. The van der Waals surface area contributed by atoms with Gasteiger partial charge in [0, 0.05) is 4.79 Å². The average molecular weight is 266 g/mol. The van der Waals surface area contributed by atoms with Gasteiger partial charge in [-0.1, -0.05) is 30.3 Å². The summed E-state index contributed by atoms with van der Waals surface area (Å²) in [6.07, 6.45) is -0.675. The fraction of sp³-hybridized carbons (Fsp3) is 0.429. The van der Waals surface area contributed by atoms with E-state index in [0.29, 0.717) is 0 Å². The van der Waals surface area contributed by atoms with Gasteiger partial charge in [0.1, 0.15) is 12.0 Å². The first-order valence-electron chi connectivity index (χ1n) is 6.07. The number of carbonyl (C=O) groups is 2. The molecule has 0 spiro atoms. The van der Waals surface area contributed by atoms with Gasteiger partial charge in [-0.05, 0) is 26.3 Å². The van der Waals surface area contributed by atoms with Crippen molar-refractivity contribution in [2.75, 3.05) is 0 Å². The van der Waals surface area contributed by atoms with E-state index in [1.54, 1.807) is 32.9 Å². The molecule has 0 unspecified atom stereocenters. The minimum Gasteiger partial charge on any atom is -0.565 e. The van der Waals surface area contributed by atoms with Crippen molar-refractivity contribution in [2.45, 2.75) is 38.8 Å². The topological polar surface area (TPSA) is 78.3 Å². The van der Waals surface area contributed by atoms with Crippen LogP contribution in [0.2, 0.25) is 0 Å². The van der Waals surface area contributed by atoms with E-state index < -0.39 is 23.7 Å². The molecule has 5 nitrogen and oxygen atoms in total. The SMILES string of the molecule is CC(C)(C)OC(=O)N[C@H](CC(=O)[OH2+])c1ccccc1. The minimum absolute atomic E-state index is 0.0801. The summed E-state index contributed by atoms with van der Waals surface area (Å²) in [7, 11) is 0. The van der Waals surface area contributed by atoms with E-state index in [1.165, 1.54) is 0 Å². The van der Waals surface area contributed by atoms with Crippen LogP contribution in [0, 0.1) is 0 Å². The van der Waals surface area contributed by atoms with Crippen LogP contribution in [-0.2, 0) is 9.53 Å². The highest BCUT2D eigenvalue weighted by Crippen LogP contribution is 2.17. The Morgan fingerprint density at radius 2 is 1.84 bits per heavy atom. The van der Waals surface area contributed by atoms with E-state index in [4.69, 9.17) is 9.84 Å². The van der Waals surface area contributed by atoms with Gasteiger partial charge in [0.05, 0.1) is 6.04 Å². The molecule has 0 aliphatic heterocycles. The average Bonchev–Trinajstić information content (AvgIpc) is 2.26. The van der Waals surface area contributed by atoms with Crippen molar-refractivity contribution in [3.05, 3.63) is 35.9 Å². The molecule has 1 aromatic carbocycles. The zero-order chi connectivity index (χ0) is 14.5. The molecule has 0 aliphatic rings. The maximum absolute atomic E-state index is 11.7. The molecule has 1 aromatic rings. The van der Waals surface area contributed by atoms with Crippen LogP contribution >= 0.6 is 0 Å². The van der Waals surface area contributed by atoms with Gasteiger partial charge in [-0.15, -0.1) is 0 Å². The molecule has 19 heavy (non-hydrogen) atoms. The summed E-state index contributed by atoms with van der Waals surface area (Å²) in [5.41, 5.74) is 0.171. The second-order valence-electron chi connectivity index (χ2n) is 5.24. The van der Waals surface area contributed by atoms with E-state index in [-0.39, 0.29) is 6.42 Å². The van der Waals surface area contributed by atoms with E-state index >= 15 is 0 Å². The third-order valence-electron chi connectivity index (χ3n) is 2.28. The van der Waals surface area contributed by atoms with E-state index in [2.05, 4.69) is 5.32 Å². The Hall–Kier alpha value is -2.04. The number of benzene rings is 1. The molecule has 0 bridgehead atoms. The molecule has 1 amide bonds. The number of hydrogen-bond donors (Lipinski definition) is 1. The van der Waals surface area contributed by atoms with Crippen molar-refractivity contribution in [3.8, 4) is 0 Å². The summed E-state index contributed by atoms with van der Waals surface area (Å²) in [6.45, 7) is 5.29. The molecule has 0 heterocycles. The molecule has 0 saturated heterocycles. The first-order chi connectivity index (χ1) is 8.78. The summed E-state index contributed by atoms with van der Waals surface area (Å²) >= 11 is 0. The second-order valence-corrected chi connectivity index (χ2v) is 5.24. The summed E-state index contributed by atoms with van der Waals surface area (Å²) in [4.78, 5) is 22.7. The third-order valence-corrected chi connectivity index (χ3v) is 2.28. The molecule has 1 atom stereocenters. The van der Waals surface area contributed by atoms with Crippen molar-refractivity contribution in [1.82, 2.24) is 5.32 Å². The Kier molecular flexibility index (Phi) is 4.92. The van der Waals surface area contributed by atoms with Crippen LogP contribution in [0.4, 0.5) is 4.79 Å². The van der Waals surface area contributed by atoms with Gasteiger partial charge >= 0.3 is 12.1 Å². The molecular weight excluding hydrogens is 246 g/mol. The molecule has 0 aliphatic carbocycles. The molecule has 0 radical (unpaired) electrons. The highest BCUT2D eigenvalue weighted by atomic mass is 16.6. The van der Waals surface area contributed by atoms with Gasteiger partial charge < -0.3 is 15.2 Å². The Morgan fingerprint density at radius 3 is 2.32 bits per heavy atom. The second kappa shape index (κ2) is 6.22. The maximum atomic E-state index is 11.7. The van der Waals surface area contributed by atoms with Crippen LogP contribution in [-0.4, -0.2) is 22.8 Å². The zero-order valence-electron chi connectivity index (χ0n) is 11.4. The van der Waals surface area contributed by atoms with Crippen LogP contribution in [0.15, 0.2) is 30.3 Å². The van der Waals surface area contributed by atoms with Crippen molar-refractivity contribution in [2.24, 2.45) is 0 Å². The van der Waals surface area contributed by atoms with Gasteiger partial charge in [-0.3, -0.25) is 0 Å². The van der Waals surface area contributed by atoms with E-state index in [0.717, 1.165) is 5.56 Å². The first-order valence-corrected chi connectivity index (χ1v) is 6.07. The predicted octanol–water partition coefficient (Wildman–Crippen LogP) is 1.89. The number of hydrogen-bond acceptors (Lipinski definition) is 3. The normalized spacial score (nSPS) is 12.6. The molecule has 0 aromatic heterocycles. The van der Waals surface area contributed by atoms with Gasteiger partial charge in [-0.2, -0.15) is 0 Å². The summed E-state index contributed by atoms with van der Waals surface area (Å²) < 4.78 is 5.15. The molecular formula is C14H20NO4+. The van der Waals surface area contributed by atoms with Crippen LogP contribution in [0.5, 0.6) is 0 Å². The molecule has 104 valence electrons. The highest BCUT2D eigenvalue weighted by molar-refractivity contribution is 5.72. The first kappa shape index (κ1) is 15.0. The lowest BCUT2D eigenvalue weighted by Crippen LogP contribution is -2.35. The Balaban J connectivity index is 2.76. The standard InChI is InChI=1S/C14H19NO4/c1-14(2,3)19-13(18)15-11(9-12(16)17)10-7-5-4-6-8-10/h4-8,11H,9H2,1-3H3,(H,15,18)(H,16,17)/p+1/t11-/m1/s1. The van der Waals surface area contributed by atoms with Gasteiger partial charge in [0.2, 0.25) is 0 Å². The predicted molar refractivity (Wildman–Crippen MR) is 71.8 cm³/mol. The molecule has 0 saturated carbocycles. The lowest BCUT2D eigenvalue weighted by Gasteiger charge is -2.22. The molecule has 0 fully saturated rings. The van der Waals surface area contributed by atoms with Gasteiger partial charge in [-0.25, -0.2) is 4.79 Å². The lowest BCUT2D eigenvalue weighted by atomic mass is 10.0. The third kappa shape index (κ3) is 5.90. The minimum atomic E-state index is -0.732. The number of nitrogens with one attached hydrogen (secondary N) is 1. The maximum Gasteiger partial charge on any atom is 0.518 e. The lowest BCUT2D eigenvalue weighted by molar-refractivity contribution is -0.137. The Labute approximate surface area is 112 Å². The quantitative estimate of drug-likeness (QED) is 0.845. The summed E-state index contributed by atoms with van der Waals surface area (Å²) in [5.74, 6) is -0.732. The van der Waals surface area contributed by atoms with Crippen LogP contribution in [0.3, 0.4) is 0 Å². The Morgan fingerprint density at radius 1 is 1.26 bits per heavy atom. The number of ether oxygens (including phenoxy) is 1. The van der Waals surface area contributed by atoms with Gasteiger partial charge in [0.25, 0.3) is 0 Å². The van der Waals surface area contributed by atoms with Crippen LogP contribution in [0.25, 0.3) is 0 Å². The number of rotatable bonds is 4. The van der Waals surface area contributed by atoms with Gasteiger partial charge in [0.15, 0.2) is 0 Å². The smallest absolute Gasteiger partial charge is 0.518 e. The van der Waals surface area contributed by atoms with Crippen molar-refractivity contribution in [1.29, 1.82) is 0 Å². The highest BCUT2D eigenvalue weighted by Gasteiger charge is 2.24. The van der Waals surface area contributed by atoms with Crippen molar-refractivity contribution in [3.63, 3.8) is 0 Å². The van der Waals surface area contributed by atoms with Crippen LogP contribution in [0.1, 0.15) is 38.8 Å². The number of amides is 1. The summed E-state index contributed by atoms with van der Waals surface area (Å²) in [5, 5.41) is 9.67. The molecule has 1 rings (SSSR count). The summed E-state index contributed by atoms with van der Waals surface area (Å²) in [6, 6.07) is 8.52. The molecule has 5 heteroatoms. The van der Waals surface area contributed by atoms with Crippen molar-refractivity contribution < 1.29 is 19.4 Å². The fourth-order valence-corrected chi connectivity index (χ4v) is 1.57. The monoisotopic (exact) mass is 266 g/mol. The van der Waals surface area contributed by atoms with E-state index in [1.807, 2.05) is 18.2 Å². The Bertz CT molecular complexity index is 437. The fourth-order valence-electron chi connectivity index (χ4n) is 1.57. The van der Waals surface area contributed by atoms with Crippen LogP contribution < -0.4 is 5.32 Å². The zero-order valence-corrected chi connectivity index (χ0v) is 11.4. The number of alkyl carbamates (subject to hydrolysis) is 1. The van der Waals surface area contributed by atoms with Crippen molar-refractivity contribution >= 4 is 12.1 Å². The molecule has 3 N–H and O–H groups in total.